The third kappa shape index (κ3) is 3.68. The maximum Gasteiger partial charge on any atom is 0.451 e. The van der Waals surface area contributed by atoms with Crippen LogP contribution in [0.5, 0.6) is 0 Å². The average molecular weight is 420 g/mol. The van der Waals surface area contributed by atoms with Crippen molar-refractivity contribution in [1.82, 2.24) is 15.0 Å². The zero-order valence-corrected chi connectivity index (χ0v) is 16.2. The van der Waals surface area contributed by atoms with E-state index in [1.165, 1.54) is 13.2 Å². The molecule has 1 aliphatic carbocycles. The zero-order valence-electron chi connectivity index (χ0n) is 16.2. The second-order valence-electron chi connectivity index (χ2n) is 7.50. The van der Waals surface area contributed by atoms with Crippen molar-refractivity contribution in [3.63, 3.8) is 0 Å². The number of carbonyl (C=O) groups is 1. The monoisotopic (exact) mass is 420 g/mol. The molecule has 1 unspecified atom stereocenters. The first-order valence-electron chi connectivity index (χ1n) is 8.72. The number of alkyl halides is 3. The predicted molar refractivity (Wildman–Crippen MR) is 96.0 cm³/mol. The molecule has 156 valence electrons. The number of methoxy groups -OCH3 is 1. The molecule has 0 fully saturated rings. The smallest absolute Gasteiger partial charge is 0.368 e. The van der Waals surface area contributed by atoms with E-state index in [0.717, 1.165) is 24.7 Å². The number of ether oxygens (including phenoxy) is 1. The Morgan fingerprint density at radius 3 is 2.33 bits per heavy atom. The van der Waals surface area contributed by atoms with Gasteiger partial charge in [0.15, 0.2) is 5.78 Å². The highest BCUT2D eigenvalue weighted by Crippen LogP contribution is 2.47. The molecule has 2 aromatic heterocycles. The number of aromatic nitrogens is 3. The van der Waals surface area contributed by atoms with Gasteiger partial charge in [0.1, 0.15) is 17.5 Å². The van der Waals surface area contributed by atoms with Crippen LogP contribution in [-0.2, 0) is 21.3 Å². The number of rotatable bonds is 3. The first kappa shape index (κ1) is 21.5. The van der Waals surface area contributed by atoms with E-state index in [2.05, 4.69) is 15.0 Å². The van der Waals surface area contributed by atoms with Gasteiger partial charge in [0.25, 0.3) is 0 Å². The molecule has 2 aromatic rings. The Bertz CT molecular complexity index is 1070. The van der Waals surface area contributed by atoms with Crippen LogP contribution in [0.2, 0.25) is 0 Å². The largest absolute Gasteiger partial charge is 0.451 e. The van der Waals surface area contributed by atoms with Crippen molar-refractivity contribution < 1.29 is 27.1 Å². The minimum absolute atomic E-state index is 0.0723. The lowest BCUT2D eigenvalue weighted by molar-refractivity contribution is -0.145. The van der Waals surface area contributed by atoms with Gasteiger partial charge in [0.05, 0.1) is 17.5 Å². The summed E-state index contributed by atoms with van der Waals surface area (Å²) in [6.07, 6.45) is -0.593. The lowest BCUT2D eigenvalue weighted by Crippen LogP contribution is -2.43. The van der Waals surface area contributed by atoms with Gasteiger partial charge < -0.3 is 4.74 Å². The van der Waals surface area contributed by atoms with E-state index < -0.39 is 28.8 Å². The van der Waals surface area contributed by atoms with Crippen LogP contribution in [0.3, 0.4) is 0 Å². The summed E-state index contributed by atoms with van der Waals surface area (Å²) in [4.78, 5) is 23.2. The fraction of sp³-hybridized carbons (Fsp3) is 0.350. The third-order valence-corrected chi connectivity index (χ3v) is 4.90. The highest BCUT2D eigenvalue weighted by Gasteiger charge is 2.48. The number of Topliss-reactive ketones (excluding diaryl/α,β-unsaturated/α-hetero) is 1. The summed E-state index contributed by atoms with van der Waals surface area (Å²) in [5, 5.41) is 9.40. The lowest BCUT2D eigenvalue weighted by atomic mass is 9.68. The van der Waals surface area contributed by atoms with E-state index in [-0.39, 0.29) is 34.6 Å². The van der Waals surface area contributed by atoms with E-state index >= 15 is 0 Å². The van der Waals surface area contributed by atoms with Gasteiger partial charge in [-0.3, -0.25) is 9.78 Å². The Morgan fingerprint density at radius 1 is 1.17 bits per heavy atom. The summed E-state index contributed by atoms with van der Waals surface area (Å²) < 4.78 is 58.0. The topological polar surface area (TPSA) is 88.8 Å². The number of ketones is 1. The molecule has 1 atom stereocenters. The molecule has 0 radical (unpaired) electrons. The van der Waals surface area contributed by atoms with Crippen LogP contribution in [0.25, 0.3) is 11.1 Å². The molecular weight excluding hydrogens is 404 g/mol. The number of carbonyl (C=O) groups excluding carboxylic acids is 1. The highest BCUT2D eigenvalue weighted by atomic mass is 19.4. The lowest BCUT2D eigenvalue weighted by Gasteiger charge is -2.40. The van der Waals surface area contributed by atoms with Crippen molar-refractivity contribution in [2.45, 2.75) is 32.0 Å². The Balaban J connectivity index is 2.23. The molecule has 0 saturated carbocycles. The molecule has 0 aliphatic heterocycles. The van der Waals surface area contributed by atoms with E-state index in [1.807, 2.05) is 6.07 Å². The van der Waals surface area contributed by atoms with Crippen LogP contribution in [-0.4, -0.2) is 27.8 Å². The van der Waals surface area contributed by atoms with Gasteiger partial charge in [-0.05, 0) is 18.6 Å². The SMILES string of the molecule is COC1(c2ncc(F)cc2-c2cnc(C(F)(F)F)nc2)C=C(C#N)C(=O)C(C)(C)C1. The van der Waals surface area contributed by atoms with Crippen LogP contribution in [0, 0.1) is 22.6 Å². The summed E-state index contributed by atoms with van der Waals surface area (Å²) in [7, 11) is 1.34. The molecule has 0 N–H and O–H groups in total. The summed E-state index contributed by atoms with van der Waals surface area (Å²) >= 11 is 0. The predicted octanol–water partition coefficient (Wildman–Crippen LogP) is 3.99. The van der Waals surface area contributed by atoms with E-state index in [4.69, 9.17) is 4.74 Å². The number of pyridine rings is 1. The van der Waals surface area contributed by atoms with Crippen LogP contribution in [0.4, 0.5) is 17.6 Å². The average Bonchev–Trinajstić information content (AvgIpc) is 2.69. The molecule has 6 nitrogen and oxygen atoms in total. The number of hydrogen-bond acceptors (Lipinski definition) is 6. The first-order valence-corrected chi connectivity index (χ1v) is 8.72. The van der Waals surface area contributed by atoms with Gasteiger partial charge in [-0.1, -0.05) is 13.8 Å². The van der Waals surface area contributed by atoms with Crippen molar-refractivity contribution >= 4 is 5.78 Å². The van der Waals surface area contributed by atoms with Crippen molar-refractivity contribution in [3.8, 4) is 17.2 Å². The summed E-state index contributed by atoms with van der Waals surface area (Å²) in [5.74, 6) is -2.45. The molecule has 0 aromatic carbocycles. The fourth-order valence-electron chi connectivity index (χ4n) is 3.52. The summed E-state index contributed by atoms with van der Waals surface area (Å²) in [5.41, 5.74) is -2.25. The van der Waals surface area contributed by atoms with E-state index in [1.54, 1.807) is 13.8 Å². The minimum Gasteiger partial charge on any atom is -0.368 e. The Morgan fingerprint density at radius 2 is 1.80 bits per heavy atom. The quantitative estimate of drug-likeness (QED) is 0.698. The Hall–Kier alpha value is -3.19. The second-order valence-corrected chi connectivity index (χ2v) is 7.50. The molecule has 0 spiro atoms. The molecular formula is C20H16F4N4O2. The summed E-state index contributed by atoms with van der Waals surface area (Å²) in [6.45, 7) is 3.27. The number of nitrogens with zero attached hydrogens (tertiary/aromatic N) is 4. The number of nitriles is 1. The highest BCUT2D eigenvalue weighted by molar-refractivity contribution is 6.04. The minimum atomic E-state index is -4.73. The molecule has 2 heterocycles. The van der Waals surface area contributed by atoms with Gasteiger partial charge in [-0.25, -0.2) is 14.4 Å². The first-order chi connectivity index (χ1) is 13.9. The Labute approximate surface area is 169 Å². The molecule has 1 aliphatic rings. The fourth-order valence-corrected chi connectivity index (χ4v) is 3.52. The number of halogens is 4. The maximum absolute atomic E-state index is 14.0. The molecule has 0 saturated heterocycles. The molecule has 0 bridgehead atoms. The van der Waals surface area contributed by atoms with E-state index in [0.29, 0.717) is 0 Å². The van der Waals surface area contributed by atoms with Gasteiger partial charge in [-0.2, -0.15) is 18.4 Å². The molecule has 0 amide bonds. The summed E-state index contributed by atoms with van der Waals surface area (Å²) in [6, 6.07) is 2.91. The van der Waals surface area contributed by atoms with Gasteiger partial charge in [-0.15, -0.1) is 0 Å². The zero-order chi connectivity index (χ0) is 22.3. The normalized spacial score (nSPS) is 21.1. The van der Waals surface area contributed by atoms with Crippen LogP contribution in [0.1, 0.15) is 31.8 Å². The van der Waals surface area contributed by atoms with Crippen LogP contribution in [0.15, 0.2) is 36.3 Å². The molecule has 10 heteroatoms. The van der Waals surface area contributed by atoms with Crippen molar-refractivity contribution in [1.29, 1.82) is 5.26 Å². The van der Waals surface area contributed by atoms with Crippen molar-refractivity contribution in [2.24, 2.45) is 5.41 Å². The van der Waals surface area contributed by atoms with Crippen LogP contribution < -0.4 is 0 Å². The number of allylic oxidation sites excluding steroid dienone is 1. The van der Waals surface area contributed by atoms with E-state index in [9.17, 15) is 27.6 Å². The van der Waals surface area contributed by atoms with Gasteiger partial charge in [0.2, 0.25) is 5.82 Å². The number of hydrogen-bond donors (Lipinski definition) is 0. The van der Waals surface area contributed by atoms with Crippen molar-refractivity contribution in [2.75, 3.05) is 7.11 Å². The Kier molecular flexibility index (Phi) is 5.20. The maximum atomic E-state index is 14.0. The third-order valence-electron chi connectivity index (χ3n) is 4.90. The standard InChI is InChI=1S/C20H16F4N4O2/c1-18(2)10-19(30-3,5-11(6-25)16(18)29)15-14(4-13(21)9-26-15)12-7-27-17(28-8-12)20(22,23)24/h4-5,7-9H,10H2,1-3H3. The van der Waals surface area contributed by atoms with Gasteiger partial charge in [0, 0.05) is 36.0 Å². The van der Waals surface area contributed by atoms with Gasteiger partial charge >= 0.3 is 6.18 Å². The molecule has 30 heavy (non-hydrogen) atoms. The molecule has 3 rings (SSSR count). The van der Waals surface area contributed by atoms with Crippen LogP contribution >= 0.6 is 0 Å². The van der Waals surface area contributed by atoms with Crippen molar-refractivity contribution in [3.05, 3.63) is 53.6 Å². The second kappa shape index (κ2) is 7.25.